The number of aromatic nitrogens is 1. The zero-order valence-corrected chi connectivity index (χ0v) is 14.2. The molecule has 1 aromatic carbocycles. The first-order valence-corrected chi connectivity index (χ1v) is 8.29. The van der Waals surface area contributed by atoms with Gasteiger partial charge in [0.25, 0.3) is 0 Å². The standard InChI is InChI=1S/C16H21ClN2OS/c1-4-20-15-6-5-12(8-14(15)17)7-13(9-18)16-19-10(2)11(3)21-16/h5-6,8,13H,4,7,9,18H2,1-3H3. The van der Waals surface area contributed by atoms with E-state index in [9.17, 15) is 0 Å². The van der Waals surface area contributed by atoms with Crippen LogP contribution in [0.4, 0.5) is 0 Å². The van der Waals surface area contributed by atoms with Crippen molar-refractivity contribution in [2.24, 2.45) is 5.73 Å². The van der Waals surface area contributed by atoms with E-state index in [-0.39, 0.29) is 5.92 Å². The topological polar surface area (TPSA) is 48.1 Å². The third-order valence-corrected chi connectivity index (χ3v) is 4.99. The van der Waals surface area contributed by atoms with Crippen molar-refractivity contribution in [3.63, 3.8) is 0 Å². The molecule has 5 heteroatoms. The maximum atomic E-state index is 6.24. The molecule has 0 bridgehead atoms. The average Bonchev–Trinajstić information content (AvgIpc) is 2.79. The molecule has 21 heavy (non-hydrogen) atoms. The molecule has 114 valence electrons. The smallest absolute Gasteiger partial charge is 0.137 e. The molecule has 1 atom stereocenters. The molecule has 0 spiro atoms. The lowest BCUT2D eigenvalue weighted by Gasteiger charge is -2.13. The fourth-order valence-corrected chi connectivity index (χ4v) is 3.47. The summed E-state index contributed by atoms with van der Waals surface area (Å²) in [5, 5.41) is 1.76. The van der Waals surface area contributed by atoms with E-state index in [1.54, 1.807) is 11.3 Å². The Morgan fingerprint density at radius 3 is 2.67 bits per heavy atom. The van der Waals surface area contributed by atoms with Crippen molar-refractivity contribution in [2.45, 2.75) is 33.1 Å². The molecule has 2 N–H and O–H groups in total. The Bertz CT molecular complexity index is 593. The summed E-state index contributed by atoms with van der Waals surface area (Å²) in [6.07, 6.45) is 0.842. The Labute approximate surface area is 135 Å². The van der Waals surface area contributed by atoms with Gasteiger partial charge in [0.15, 0.2) is 0 Å². The molecule has 1 aromatic heterocycles. The second-order valence-electron chi connectivity index (χ2n) is 5.03. The summed E-state index contributed by atoms with van der Waals surface area (Å²) >= 11 is 7.97. The fraction of sp³-hybridized carbons (Fsp3) is 0.438. The van der Waals surface area contributed by atoms with Crippen LogP contribution in [0.2, 0.25) is 5.02 Å². The van der Waals surface area contributed by atoms with Gasteiger partial charge in [-0.1, -0.05) is 17.7 Å². The highest BCUT2D eigenvalue weighted by Gasteiger charge is 2.16. The monoisotopic (exact) mass is 324 g/mol. The zero-order valence-electron chi connectivity index (χ0n) is 12.6. The predicted octanol–water partition coefficient (Wildman–Crippen LogP) is 4.10. The first kappa shape index (κ1) is 16.3. The lowest BCUT2D eigenvalue weighted by Crippen LogP contribution is -2.15. The van der Waals surface area contributed by atoms with Crippen LogP contribution in [-0.2, 0) is 6.42 Å². The summed E-state index contributed by atoms with van der Waals surface area (Å²) < 4.78 is 5.46. The van der Waals surface area contributed by atoms with Gasteiger partial charge in [0.2, 0.25) is 0 Å². The van der Waals surface area contributed by atoms with Crippen LogP contribution in [0.15, 0.2) is 18.2 Å². The summed E-state index contributed by atoms with van der Waals surface area (Å²) in [4.78, 5) is 5.89. The molecule has 2 aromatic rings. The van der Waals surface area contributed by atoms with Crippen LogP contribution in [0.3, 0.4) is 0 Å². The summed E-state index contributed by atoms with van der Waals surface area (Å²) in [5.74, 6) is 0.963. The fourth-order valence-electron chi connectivity index (χ4n) is 2.17. The maximum absolute atomic E-state index is 6.24. The normalized spacial score (nSPS) is 12.4. The quantitative estimate of drug-likeness (QED) is 0.870. The van der Waals surface area contributed by atoms with E-state index >= 15 is 0 Å². The SMILES string of the molecule is CCOc1ccc(CC(CN)c2nc(C)c(C)s2)cc1Cl. The molecule has 0 saturated carbocycles. The van der Waals surface area contributed by atoms with Crippen molar-refractivity contribution >= 4 is 22.9 Å². The first-order chi connectivity index (χ1) is 10.0. The minimum Gasteiger partial charge on any atom is -0.492 e. The van der Waals surface area contributed by atoms with Crippen LogP contribution >= 0.6 is 22.9 Å². The van der Waals surface area contributed by atoms with Gasteiger partial charge in [0.05, 0.1) is 22.3 Å². The molecule has 0 fully saturated rings. The Balaban J connectivity index is 2.16. The van der Waals surface area contributed by atoms with Crippen LogP contribution in [0.25, 0.3) is 0 Å². The van der Waals surface area contributed by atoms with Crippen molar-refractivity contribution in [3.05, 3.63) is 44.4 Å². The summed E-state index contributed by atoms with van der Waals surface area (Å²) in [7, 11) is 0. The van der Waals surface area contributed by atoms with Gasteiger partial charge in [0.1, 0.15) is 5.75 Å². The highest BCUT2D eigenvalue weighted by atomic mass is 35.5. The molecular weight excluding hydrogens is 304 g/mol. The second-order valence-corrected chi connectivity index (χ2v) is 6.67. The van der Waals surface area contributed by atoms with E-state index in [0.717, 1.165) is 28.4 Å². The van der Waals surface area contributed by atoms with Gasteiger partial charge in [-0.15, -0.1) is 11.3 Å². The Kier molecular flexibility index (Phi) is 5.62. The van der Waals surface area contributed by atoms with Crippen LogP contribution in [0.1, 0.15) is 34.0 Å². The number of thiazole rings is 1. The number of halogens is 1. The van der Waals surface area contributed by atoms with Gasteiger partial charge in [0, 0.05) is 17.3 Å². The lowest BCUT2D eigenvalue weighted by molar-refractivity contribution is 0.340. The number of ether oxygens (including phenoxy) is 1. The molecule has 0 aliphatic rings. The van der Waals surface area contributed by atoms with Crippen molar-refractivity contribution in [1.29, 1.82) is 0 Å². The van der Waals surface area contributed by atoms with Crippen molar-refractivity contribution in [1.82, 2.24) is 4.98 Å². The molecule has 0 saturated heterocycles. The highest BCUT2D eigenvalue weighted by Crippen LogP contribution is 2.30. The van der Waals surface area contributed by atoms with Gasteiger partial charge < -0.3 is 10.5 Å². The van der Waals surface area contributed by atoms with Crippen LogP contribution in [0, 0.1) is 13.8 Å². The maximum Gasteiger partial charge on any atom is 0.137 e. The molecular formula is C16H21ClN2OS. The lowest BCUT2D eigenvalue weighted by atomic mass is 10.00. The van der Waals surface area contributed by atoms with E-state index in [4.69, 9.17) is 22.1 Å². The number of aryl methyl sites for hydroxylation is 2. The van der Waals surface area contributed by atoms with Crippen molar-refractivity contribution in [3.8, 4) is 5.75 Å². The van der Waals surface area contributed by atoms with Gasteiger partial charge >= 0.3 is 0 Å². The molecule has 0 aliphatic heterocycles. The first-order valence-electron chi connectivity index (χ1n) is 7.10. The van der Waals surface area contributed by atoms with Gasteiger partial charge in [-0.05, 0) is 44.9 Å². The van der Waals surface area contributed by atoms with Crippen LogP contribution in [-0.4, -0.2) is 18.1 Å². The van der Waals surface area contributed by atoms with E-state index in [2.05, 4.69) is 11.9 Å². The Morgan fingerprint density at radius 2 is 2.14 bits per heavy atom. The van der Waals surface area contributed by atoms with Gasteiger partial charge in [-0.25, -0.2) is 4.98 Å². The molecule has 3 nitrogen and oxygen atoms in total. The Hall–Kier alpha value is -1.10. The number of hydrogen-bond acceptors (Lipinski definition) is 4. The van der Waals surface area contributed by atoms with Gasteiger partial charge in [-0.3, -0.25) is 0 Å². The van der Waals surface area contributed by atoms with Crippen LogP contribution in [0.5, 0.6) is 5.75 Å². The number of rotatable bonds is 6. The summed E-state index contributed by atoms with van der Waals surface area (Å²) in [5.41, 5.74) is 8.19. The predicted molar refractivity (Wildman–Crippen MR) is 89.7 cm³/mol. The number of nitrogens with zero attached hydrogens (tertiary/aromatic N) is 1. The van der Waals surface area contributed by atoms with E-state index in [1.165, 1.54) is 4.88 Å². The van der Waals surface area contributed by atoms with Gasteiger partial charge in [-0.2, -0.15) is 0 Å². The summed E-state index contributed by atoms with van der Waals surface area (Å²) in [6.45, 7) is 7.27. The van der Waals surface area contributed by atoms with Crippen molar-refractivity contribution < 1.29 is 4.74 Å². The number of hydrogen-bond donors (Lipinski definition) is 1. The molecule has 2 rings (SSSR count). The summed E-state index contributed by atoms with van der Waals surface area (Å²) in [6, 6.07) is 5.93. The third kappa shape index (κ3) is 3.96. The van der Waals surface area contributed by atoms with Crippen LogP contribution < -0.4 is 10.5 Å². The van der Waals surface area contributed by atoms with E-state index < -0.39 is 0 Å². The van der Waals surface area contributed by atoms with E-state index in [1.807, 2.05) is 32.0 Å². The molecule has 0 amide bonds. The number of nitrogens with two attached hydrogens (primary N) is 1. The molecule has 0 radical (unpaired) electrons. The molecule has 0 aliphatic carbocycles. The minimum absolute atomic E-state index is 0.233. The zero-order chi connectivity index (χ0) is 15.4. The average molecular weight is 325 g/mol. The minimum atomic E-state index is 0.233. The number of benzene rings is 1. The second kappa shape index (κ2) is 7.25. The van der Waals surface area contributed by atoms with E-state index in [0.29, 0.717) is 18.2 Å². The molecule has 1 heterocycles. The molecule has 1 unspecified atom stereocenters. The van der Waals surface area contributed by atoms with Crippen molar-refractivity contribution in [2.75, 3.05) is 13.2 Å². The largest absolute Gasteiger partial charge is 0.492 e. The third-order valence-electron chi connectivity index (χ3n) is 3.46. The highest BCUT2D eigenvalue weighted by molar-refractivity contribution is 7.11. The Morgan fingerprint density at radius 1 is 1.38 bits per heavy atom.